The van der Waals surface area contributed by atoms with Crippen LogP contribution in [0.25, 0.3) is 61.4 Å². The van der Waals surface area contributed by atoms with Crippen LogP contribution >= 0.6 is 0 Å². The van der Waals surface area contributed by atoms with Crippen LogP contribution in [0.15, 0.2) is 108 Å². The summed E-state index contributed by atoms with van der Waals surface area (Å²) in [5.41, 5.74) is 12.6. The first-order valence-electron chi connectivity index (χ1n) is 16.7. The van der Waals surface area contributed by atoms with E-state index in [2.05, 4.69) is 129 Å². The molecule has 4 heterocycles. The molecule has 4 aromatic carbocycles. The van der Waals surface area contributed by atoms with Gasteiger partial charge in [-0.3, -0.25) is 0 Å². The Morgan fingerprint density at radius 2 is 1.52 bits per heavy atom. The molecule has 8 aromatic rings. The molecule has 0 fully saturated rings. The summed E-state index contributed by atoms with van der Waals surface area (Å²) in [5, 5.41) is 3.58. The van der Waals surface area contributed by atoms with Crippen molar-refractivity contribution >= 4 is 46.4 Å². The second-order valence-corrected chi connectivity index (χ2v) is 19.1. The number of hydrogen-bond donors (Lipinski definition) is 0. The molecular formula is C43H41IrN4OSi-. The van der Waals surface area contributed by atoms with Gasteiger partial charge in [-0.05, 0) is 73.0 Å². The van der Waals surface area contributed by atoms with Crippen molar-refractivity contribution < 1.29 is 29.1 Å². The first-order valence-corrected chi connectivity index (χ1v) is 20.2. The molecule has 8 rings (SSSR count). The van der Waals surface area contributed by atoms with Gasteiger partial charge in [-0.2, -0.15) is 0 Å². The molecule has 1 radical (unpaired) electrons. The number of benzene rings is 4. The van der Waals surface area contributed by atoms with E-state index in [0.717, 1.165) is 61.4 Å². The molecule has 7 heteroatoms. The fourth-order valence-electron chi connectivity index (χ4n) is 6.79. The minimum Gasteiger partial charge on any atom is -0.500 e. The normalized spacial score (nSPS) is 11.4. The monoisotopic (exact) mass is 850 g/mol. The van der Waals surface area contributed by atoms with E-state index in [1.165, 1.54) is 27.4 Å². The van der Waals surface area contributed by atoms with Crippen LogP contribution in [0.1, 0.15) is 22.3 Å². The van der Waals surface area contributed by atoms with Crippen molar-refractivity contribution in [3.8, 4) is 28.3 Å². The summed E-state index contributed by atoms with van der Waals surface area (Å²) in [6, 6.07) is 37.7. The van der Waals surface area contributed by atoms with Crippen molar-refractivity contribution in [1.82, 2.24) is 14.5 Å². The third kappa shape index (κ3) is 6.61. The summed E-state index contributed by atoms with van der Waals surface area (Å²) in [6.45, 7) is 15.6. The fourth-order valence-corrected chi connectivity index (χ4v) is 7.83. The van der Waals surface area contributed by atoms with Crippen molar-refractivity contribution in [2.24, 2.45) is 7.05 Å². The van der Waals surface area contributed by atoms with Crippen LogP contribution < -0.4 is 9.75 Å². The number of fused-ring (bicyclic) bond motifs is 4. The Kier molecular flexibility index (Phi) is 9.78. The van der Waals surface area contributed by atoms with Gasteiger partial charge >= 0.3 is 5.65 Å². The molecule has 5 nitrogen and oxygen atoms in total. The molecule has 50 heavy (non-hydrogen) atoms. The van der Waals surface area contributed by atoms with Crippen LogP contribution in [-0.2, 0) is 27.2 Å². The quantitative estimate of drug-likeness (QED) is 0.101. The van der Waals surface area contributed by atoms with E-state index in [9.17, 15) is 0 Å². The van der Waals surface area contributed by atoms with E-state index in [4.69, 9.17) is 9.40 Å². The van der Waals surface area contributed by atoms with E-state index in [-0.39, 0.29) is 20.1 Å². The second-order valence-electron chi connectivity index (χ2n) is 14.0. The Hall–Kier alpha value is -4.68. The maximum absolute atomic E-state index is 6.37. The van der Waals surface area contributed by atoms with Crippen LogP contribution in [0.3, 0.4) is 0 Å². The van der Waals surface area contributed by atoms with Gasteiger partial charge < -0.3 is 9.40 Å². The van der Waals surface area contributed by atoms with Gasteiger partial charge in [0.05, 0.1) is 26.9 Å². The van der Waals surface area contributed by atoms with Crippen LogP contribution in [0, 0.1) is 39.8 Å². The Bertz CT molecular complexity index is 2450. The number of furan rings is 1. The molecule has 0 aliphatic heterocycles. The van der Waals surface area contributed by atoms with Crippen LogP contribution in [-0.4, -0.2) is 22.6 Å². The summed E-state index contributed by atoms with van der Waals surface area (Å²) in [6.07, 6.45) is 4.16. The number of aromatic nitrogens is 4. The van der Waals surface area contributed by atoms with Crippen molar-refractivity contribution in [3.05, 3.63) is 138 Å². The van der Waals surface area contributed by atoms with Crippen molar-refractivity contribution in [3.63, 3.8) is 0 Å². The Balaban J connectivity index is 0.000000215. The Morgan fingerprint density at radius 1 is 0.780 bits per heavy atom. The van der Waals surface area contributed by atoms with Crippen molar-refractivity contribution in [2.45, 2.75) is 47.3 Å². The number of rotatable bonds is 4. The first kappa shape index (κ1) is 35.2. The largest absolute Gasteiger partial charge is 0.500 e. The first-order chi connectivity index (χ1) is 23.5. The maximum Gasteiger partial charge on any atom is 0.304 e. The minimum absolute atomic E-state index is 0. The molecular weight excluding hydrogens is 809 g/mol. The molecule has 0 spiro atoms. The minimum atomic E-state index is -1.23. The molecule has 4 aromatic heterocycles. The molecule has 0 atom stereocenters. The number of para-hydroxylation sites is 1. The fraction of sp³-hybridized carbons (Fsp3) is 0.186. The molecule has 0 aliphatic carbocycles. The smallest absolute Gasteiger partial charge is 0.304 e. The molecule has 0 amide bonds. The van der Waals surface area contributed by atoms with Gasteiger partial charge in [0.15, 0.2) is 5.82 Å². The second kappa shape index (κ2) is 13.9. The zero-order chi connectivity index (χ0) is 34.4. The van der Waals surface area contributed by atoms with E-state index in [1.807, 2.05) is 54.7 Å². The average Bonchev–Trinajstić information content (AvgIpc) is 3.64. The van der Waals surface area contributed by atoms with Gasteiger partial charge in [-0.15, -0.1) is 54.1 Å². The summed E-state index contributed by atoms with van der Waals surface area (Å²) >= 11 is 0. The molecule has 253 valence electrons. The molecule has 0 N–H and O–H groups in total. The summed E-state index contributed by atoms with van der Waals surface area (Å²) in [5.74, 6) is 0.839. The van der Waals surface area contributed by atoms with E-state index >= 15 is 0 Å². The van der Waals surface area contributed by atoms with Crippen molar-refractivity contribution in [2.75, 3.05) is 0 Å². The topological polar surface area (TPSA) is 47.7 Å². The van der Waals surface area contributed by atoms with Gasteiger partial charge in [0, 0.05) is 31.7 Å². The van der Waals surface area contributed by atoms with Crippen LogP contribution in [0.4, 0.5) is 0 Å². The van der Waals surface area contributed by atoms with Crippen LogP contribution in [0.5, 0.6) is 0 Å². The summed E-state index contributed by atoms with van der Waals surface area (Å²) < 4.78 is 10.8. The standard InChI is InChI=1S/C29H25N3O.C14H16NSi.Ir/c1-17-13-19(3)26(20(4)14-17)32-28(30-24-15-18(2)16-31(5)29(24)32)23-11-8-10-22-21-9-6-7-12-25(21)33-27(22)23;1-16(2,3)13-9-10-14(15-11-13)12-7-5-4-6-8-12;/h6-10,12-16H,1-5H3;4-7,9-11H,1-3H3;/q;-1;. The molecule has 0 saturated heterocycles. The van der Waals surface area contributed by atoms with E-state index in [0.29, 0.717) is 0 Å². The van der Waals surface area contributed by atoms with Gasteiger partial charge in [0.2, 0.25) is 0 Å². The van der Waals surface area contributed by atoms with E-state index in [1.54, 1.807) is 0 Å². The van der Waals surface area contributed by atoms with Crippen molar-refractivity contribution in [1.29, 1.82) is 0 Å². The predicted molar refractivity (Wildman–Crippen MR) is 204 cm³/mol. The summed E-state index contributed by atoms with van der Waals surface area (Å²) in [7, 11) is 0.855. The molecule has 0 bridgehead atoms. The third-order valence-corrected chi connectivity index (χ3v) is 11.0. The maximum atomic E-state index is 6.37. The number of hydrogen-bond acceptors (Lipinski definition) is 3. The number of aryl methyl sites for hydroxylation is 5. The number of nitrogens with zero attached hydrogens (tertiary/aromatic N) is 4. The van der Waals surface area contributed by atoms with Gasteiger partial charge in [0.1, 0.15) is 16.8 Å². The van der Waals surface area contributed by atoms with Gasteiger partial charge in [0.25, 0.3) is 0 Å². The van der Waals surface area contributed by atoms with Crippen LogP contribution in [0.2, 0.25) is 19.6 Å². The zero-order valence-corrected chi connectivity index (χ0v) is 33.2. The Morgan fingerprint density at radius 3 is 2.20 bits per heavy atom. The molecule has 0 unspecified atom stereocenters. The zero-order valence-electron chi connectivity index (χ0n) is 29.8. The molecule has 0 aliphatic rings. The number of pyridine rings is 2. The average molecular weight is 850 g/mol. The molecule has 0 saturated carbocycles. The van der Waals surface area contributed by atoms with E-state index < -0.39 is 8.07 Å². The number of imidazole rings is 1. The SMILES string of the molecule is C[Si](C)(C)c1ccc(-c2[c-]cccc2)nc1.Cc1cc(C)c(-n2c(-c3[c-]ccc4c3oc3ccccc34)nc3cc(C)c[n+](C)c32)c(C)c1.[Ir]. The van der Waals surface area contributed by atoms with Gasteiger partial charge in [-0.25, -0.2) is 14.1 Å². The Labute approximate surface area is 309 Å². The predicted octanol–water partition coefficient (Wildman–Crippen LogP) is 9.54. The summed E-state index contributed by atoms with van der Waals surface area (Å²) in [4.78, 5) is 9.68. The van der Waals surface area contributed by atoms with Gasteiger partial charge in [-0.1, -0.05) is 73.1 Å². The third-order valence-electron chi connectivity index (χ3n) is 9.01.